The van der Waals surface area contributed by atoms with Crippen molar-refractivity contribution in [2.45, 2.75) is 0 Å². The fraction of sp³-hybridized carbons (Fsp3) is 0.154. The highest BCUT2D eigenvalue weighted by Gasteiger charge is 2.16. The predicted octanol–water partition coefficient (Wildman–Crippen LogP) is 1.37. The van der Waals surface area contributed by atoms with Crippen LogP contribution in [-0.2, 0) is 7.05 Å². The number of aromatic nitrogens is 2. The molecule has 0 bridgehead atoms. The van der Waals surface area contributed by atoms with E-state index in [4.69, 9.17) is 15.1 Å². The molecule has 0 aliphatic heterocycles. The lowest BCUT2D eigenvalue weighted by atomic mass is 10.1. The van der Waals surface area contributed by atoms with Gasteiger partial charge in [-0.2, -0.15) is 10.4 Å². The van der Waals surface area contributed by atoms with E-state index in [0.29, 0.717) is 11.3 Å². The Hall–Kier alpha value is -3.01. The lowest BCUT2D eigenvalue weighted by Crippen LogP contribution is -1.99. The largest absolute Gasteiger partial charge is 0.504 e. The van der Waals surface area contributed by atoms with Gasteiger partial charge in [0, 0.05) is 12.6 Å². The lowest BCUT2D eigenvalue weighted by Gasteiger charge is -2.08. The average Bonchev–Trinajstić information content (AvgIpc) is 2.80. The Balaban J connectivity index is 2.62. The number of methoxy groups -OCH3 is 1. The van der Waals surface area contributed by atoms with Gasteiger partial charge in [0.1, 0.15) is 6.07 Å². The van der Waals surface area contributed by atoms with Gasteiger partial charge in [0.2, 0.25) is 0 Å². The van der Waals surface area contributed by atoms with Crippen LogP contribution in [0.5, 0.6) is 11.5 Å². The smallest absolute Gasteiger partial charge is 0.356 e. The molecule has 0 fully saturated rings. The van der Waals surface area contributed by atoms with Crippen molar-refractivity contribution in [1.82, 2.24) is 9.78 Å². The van der Waals surface area contributed by atoms with Crippen LogP contribution in [0.3, 0.4) is 0 Å². The molecule has 0 aliphatic carbocycles. The van der Waals surface area contributed by atoms with Gasteiger partial charge in [-0.1, -0.05) is 0 Å². The summed E-state index contributed by atoms with van der Waals surface area (Å²) < 4.78 is 6.31. The second kappa shape index (κ2) is 4.93. The van der Waals surface area contributed by atoms with Crippen LogP contribution in [0, 0.1) is 11.3 Å². The maximum atomic E-state index is 10.9. The number of nitriles is 1. The van der Waals surface area contributed by atoms with E-state index in [1.807, 2.05) is 6.07 Å². The number of hydrogen-bond donors (Lipinski definition) is 2. The number of carbonyl (C=O) groups is 1. The molecule has 0 atom stereocenters. The van der Waals surface area contributed by atoms with Gasteiger partial charge in [0.15, 0.2) is 17.2 Å². The number of benzene rings is 1. The van der Waals surface area contributed by atoms with E-state index in [2.05, 4.69) is 5.10 Å². The Kier molecular flexibility index (Phi) is 3.31. The molecule has 2 rings (SSSR count). The van der Waals surface area contributed by atoms with Gasteiger partial charge in [-0.15, -0.1) is 0 Å². The molecule has 1 heterocycles. The zero-order valence-electron chi connectivity index (χ0n) is 10.8. The van der Waals surface area contributed by atoms with Crippen molar-refractivity contribution in [2.75, 3.05) is 7.11 Å². The number of aromatic carboxylic acids is 1. The van der Waals surface area contributed by atoms with Crippen molar-refractivity contribution < 1.29 is 19.7 Å². The molecular formula is C13H11N3O4. The molecule has 1 aromatic heterocycles. The zero-order valence-corrected chi connectivity index (χ0v) is 10.8. The van der Waals surface area contributed by atoms with Crippen molar-refractivity contribution in [3.8, 4) is 28.8 Å². The van der Waals surface area contributed by atoms with Crippen LogP contribution in [0.2, 0.25) is 0 Å². The highest BCUT2D eigenvalue weighted by atomic mass is 16.5. The van der Waals surface area contributed by atoms with Gasteiger partial charge in [0.25, 0.3) is 0 Å². The number of phenols is 1. The topological polar surface area (TPSA) is 108 Å². The Labute approximate surface area is 114 Å². The van der Waals surface area contributed by atoms with Crippen molar-refractivity contribution >= 4 is 5.97 Å². The van der Waals surface area contributed by atoms with Gasteiger partial charge in [-0.3, -0.25) is 4.68 Å². The SMILES string of the molecule is COc1c(O)cc(-c2cc(C(=O)O)nn2C)cc1C#N. The third-order valence-corrected chi connectivity index (χ3v) is 2.79. The molecule has 2 aromatic rings. The molecule has 7 nitrogen and oxygen atoms in total. The number of carboxylic acids is 1. The molecule has 0 saturated carbocycles. The molecule has 20 heavy (non-hydrogen) atoms. The number of phenolic OH excluding ortho intramolecular Hbond substituents is 1. The molecular weight excluding hydrogens is 262 g/mol. The summed E-state index contributed by atoms with van der Waals surface area (Å²) in [4.78, 5) is 10.9. The fourth-order valence-corrected chi connectivity index (χ4v) is 1.90. The van der Waals surface area contributed by atoms with Gasteiger partial charge < -0.3 is 14.9 Å². The highest BCUT2D eigenvalue weighted by molar-refractivity contribution is 5.87. The van der Waals surface area contributed by atoms with E-state index in [-0.39, 0.29) is 22.8 Å². The highest BCUT2D eigenvalue weighted by Crippen LogP contribution is 2.35. The molecule has 0 amide bonds. The van der Waals surface area contributed by atoms with Crippen LogP contribution in [0.15, 0.2) is 18.2 Å². The summed E-state index contributed by atoms with van der Waals surface area (Å²) >= 11 is 0. The number of nitrogens with zero attached hydrogens (tertiary/aromatic N) is 3. The van der Waals surface area contributed by atoms with Gasteiger partial charge in [0.05, 0.1) is 18.4 Å². The molecule has 0 radical (unpaired) electrons. The Morgan fingerprint density at radius 1 is 1.45 bits per heavy atom. The summed E-state index contributed by atoms with van der Waals surface area (Å²) in [6.07, 6.45) is 0. The Morgan fingerprint density at radius 3 is 2.65 bits per heavy atom. The third kappa shape index (κ3) is 2.14. The van der Waals surface area contributed by atoms with Gasteiger partial charge in [-0.25, -0.2) is 4.79 Å². The van der Waals surface area contributed by atoms with E-state index in [1.54, 1.807) is 7.05 Å². The van der Waals surface area contributed by atoms with E-state index in [9.17, 15) is 9.90 Å². The minimum Gasteiger partial charge on any atom is -0.504 e. The molecule has 7 heteroatoms. The molecule has 102 valence electrons. The van der Waals surface area contributed by atoms with E-state index >= 15 is 0 Å². The molecule has 0 aliphatic rings. The second-order valence-corrected chi connectivity index (χ2v) is 4.03. The second-order valence-electron chi connectivity index (χ2n) is 4.03. The standard InChI is InChI=1S/C13H11N3O4/c1-16-10(5-9(15-16)13(18)19)7-3-8(6-14)12(20-2)11(17)4-7/h3-5,17H,1-2H3,(H,18,19). The first kappa shape index (κ1) is 13.4. The quantitative estimate of drug-likeness (QED) is 0.874. The molecule has 0 spiro atoms. The number of hydrogen-bond acceptors (Lipinski definition) is 5. The fourth-order valence-electron chi connectivity index (χ4n) is 1.90. The van der Waals surface area contributed by atoms with Crippen LogP contribution in [-0.4, -0.2) is 33.1 Å². The Morgan fingerprint density at radius 2 is 2.15 bits per heavy atom. The van der Waals surface area contributed by atoms with E-state index in [1.165, 1.54) is 30.0 Å². The summed E-state index contributed by atoms with van der Waals surface area (Å²) in [5.41, 5.74) is 0.982. The van der Waals surface area contributed by atoms with E-state index in [0.717, 1.165) is 0 Å². The number of carboxylic acid groups (broad SMARTS) is 1. The van der Waals surface area contributed by atoms with Crippen LogP contribution in [0.25, 0.3) is 11.3 Å². The first-order chi connectivity index (χ1) is 9.47. The number of aryl methyl sites for hydroxylation is 1. The van der Waals surface area contributed by atoms with Crippen LogP contribution < -0.4 is 4.74 Å². The van der Waals surface area contributed by atoms with Crippen LogP contribution >= 0.6 is 0 Å². The first-order valence-corrected chi connectivity index (χ1v) is 5.56. The Bertz CT molecular complexity index is 728. The molecule has 1 aromatic carbocycles. The van der Waals surface area contributed by atoms with Crippen molar-refractivity contribution in [3.63, 3.8) is 0 Å². The summed E-state index contributed by atoms with van der Waals surface area (Å²) in [5, 5.41) is 31.6. The molecule has 2 N–H and O–H groups in total. The zero-order chi connectivity index (χ0) is 14.9. The normalized spacial score (nSPS) is 10.1. The summed E-state index contributed by atoms with van der Waals surface area (Å²) in [6.45, 7) is 0. The third-order valence-electron chi connectivity index (χ3n) is 2.79. The van der Waals surface area contributed by atoms with Crippen LogP contribution in [0.4, 0.5) is 0 Å². The summed E-state index contributed by atoms with van der Waals surface area (Å²) in [5.74, 6) is -1.26. The number of aromatic hydroxyl groups is 1. The van der Waals surface area contributed by atoms with E-state index < -0.39 is 5.97 Å². The average molecular weight is 273 g/mol. The number of ether oxygens (including phenoxy) is 1. The predicted molar refractivity (Wildman–Crippen MR) is 68.5 cm³/mol. The summed E-state index contributed by atoms with van der Waals surface area (Å²) in [7, 11) is 2.93. The first-order valence-electron chi connectivity index (χ1n) is 5.56. The number of rotatable bonds is 3. The minimum atomic E-state index is -1.15. The maximum absolute atomic E-state index is 10.9. The molecule has 0 unspecified atom stereocenters. The van der Waals surface area contributed by atoms with Crippen molar-refractivity contribution in [2.24, 2.45) is 7.05 Å². The molecule has 0 saturated heterocycles. The van der Waals surface area contributed by atoms with Gasteiger partial charge >= 0.3 is 5.97 Å². The monoisotopic (exact) mass is 273 g/mol. The summed E-state index contributed by atoms with van der Waals surface area (Å²) in [6, 6.07) is 6.17. The van der Waals surface area contributed by atoms with Crippen molar-refractivity contribution in [1.29, 1.82) is 5.26 Å². The lowest BCUT2D eigenvalue weighted by molar-refractivity contribution is 0.0689. The van der Waals surface area contributed by atoms with Crippen molar-refractivity contribution in [3.05, 3.63) is 29.5 Å². The minimum absolute atomic E-state index is 0.0804. The van der Waals surface area contributed by atoms with Gasteiger partial charge in [-0.05, 0) is 18.2 Å². The van der Waals surface area contributed by atoms with Crippen LogP contribution in [0.1, 0.15) is 16.1 Å². The maximum Gasteiger partial charge on any atom is 0.356 e.